The lowest BCUT2D eigenvalue weighted by Crippen LogP contribution is -2.14. The second-order valence-corrected chi connectivity index (χ2v) is 5.41. The molecule has 0 bridgehead atoms. The molecule has 0 fully saturated rings. The number of esters is 1. The van der Waals surface area contributed by atoms with E-state index in [1.54, 1.807) is 31.2 Å². The van der Waals surface area contributed by atoms with Crippen LogP contribution in [0.15, 0.2) is 24.3 Å². The molecule has 0 saturated heterocycles. The first-order valence-electron chi connectivity index (χ1n) is 5.27. The Morgan fingerprint density at radius 3 is 2.39 bits per heavy atom. The summed E-state index contributed by atoms with van der Waals surface area (Å²) in [6, 6.07) is 6.24. The summed E-state index contributed by atoms with van der Waals surface area (Å²) in [5.74, 6) is -0.0151. The van der Waals surface area contributed by atoms with Crippen LogP contribution in [0.1, 0.15) is 6.92 Å². The van der Waals surface area contributed by atoms with E-state index < -0.39 is 16.0 Å². The zero-order valence-corrected chi connectivity index (χ0v) is 11.0. The second kappa shape index (κ2) is 6.25. The molecule has 100 valence electrons. The maximum absolute atomic E-state index is 11.3. The van der Waals surface area contributed by atoms with Crippen LogP contribution in [0.5, 0.6) is 5.75 Å². The minimum atomic E-state index is -3.28. The molecule has 0 radical (unpaired) electrons. The van der Waals surface area contributed by atoms with E-state index in [4.69, 9.17) is 4.74 Å². The first-order chi connectivity index (χ1) is 8.46. The summed E-state index contributed by atoms with van der Waals surface area (Å²) in [6.07, 6.45) is 0. The van der Waals surface area contributed by atoms with Gasteiger partial charge in [0, 0.05) is 5.69 Å². The van der Waals surface area contributed by atoms with Crippen molar-refractivity contribution in [2.24, 2.45) is 0 Å². The summed E-state index contributed by atoms with van der Waals surface area (Å²) in [5, 5.41) is 0. The van der Waals surface area contributed by atoms with Crippen LogP contribution < -0.4 is 9.46 Å². The van der Waals surface area contributed by atoms with Gasteiger partial charge in [0.1, 0.15) is 5.75 Å². The lowest BCUT2D eigenvalue weighted by atomic mass is 10.3. The van der Waals surface area contributed by atoms with Crippen molar-refractivity contribution in [3.8, 4) is 5.75 Å². The first-order valence-corrected chi connectivity index (χ1v) is 6.92. The third kappa shape index (κ3) is 4.62. The van der Waals surface area contributed by atoms with E-state index >= 15 is 0 Å². The number of methoxy groups -OCH3 is 1. The van der Waals surface area contributed by atoms with Crippen LogP contribution in [0.25, 0.3) is 0 Å². The number of carbonyl (C=O) groups excluding carboxylic acids is 1. The highest BCUT2D eigenvalue weighted by Crippen LogP contribution is 2.16. The molecule has 0 spiro atoms. The van der Waals surface area contributed by atoms with Gasteiger partial charge in [-0.2, -0.15) is 0 Å². The average Bonchev–Trinajstić information content (AvgIpc) is 2.37. The van der Waals surface area contributed by atoms with E-state index in [-0.39, 0.29) is 12.4 Å². The molecule has 0 saturated carbocycles. The number of ether oxygens (including phenoxy) is 2. The molecule has 0 amide bonds. The summed E-state index contributed by atoms with van der Waals surface area (Å²) < 4.78 is 34.5. The number of hydrogen-bond donors (Lipinski definition) is 1. The molecule has 18 heavy (non-hydrogen) atoms. The summed E-state index contributed by atoms with van der Waals surface area (Å²) in [5.41, 5.74) is 0.447. The van der Waals surface area contributed by atoms with Gasteiger partial charge in [0.25, 0.3) is 0 Å². The standard InChI is InChI=1S/C11H15NO5S/c1-3-18(14,15)12-9-4-6-10(7-5-9)17-8-11(13)16-2/h4-7,12H,3,8H2,1-2H3. The van der Waals surface area contributed by atoms with Gasteiger partial charge in [-0.15, -0.1) is 0 Å². The van der Waals surface area contributed by atoms with E-state index in [9.17, 15) is 13.2 Å². The number of rotatable bonds is 6. The van der Waals surface area contributed by atoms with E-state index in [2.05, 4.69) is 9.46 Å². The molecule has 0 atom stereocenters. The fourth-order valence-electron chi connectivity index (χ4n) is 1.07. The Morgan fingerprint density at radius 1 is 1.28 bits per heavy atom. The van der Waals surface area contributed by atoms with Crippen molar-refractivity contribution in [3.63, 3.8) is 0 Å². The molecule has 1 N–H and O–H groups in total. The quantitative estimate of drug-likeness (QED) is 0.782. The number of hydrogen-bond acceptors (Lipinski definition) is 5. The van der Waals surface area contributed by atoms with Crippen molar-refractivity contribution in [1.82, 2.24) is 0 Å². The van der Waals surface area contributed by atoms with Crippen LogP contribution in [0.4, 0.5) is 5.69 Å². The Bertz CT molecular complexity index is 495. The van der Waals surface area contributed by atoms with Gasteiger partial charge in [-0.05, 0) is 31.2 Å². The van der Waals surface area contributed by atoms with Crippen LogP contribution in [-0.4, -0.2) is 33.9 Å². The van der Waals surface area contributed by atoms with Gasteiger partial charge in [-0.3, -0.25) is 4.72 Å². The normalized spacial score (nSPS) is 10.8. The van der Waals surface area contributed by atoms with Gasteiger partial charge in [0.05, 0.1) is 12.9 Å². The van der Waals surface area contributed by atoms with Gasteiger partial charge in [-0.25, -0.2) is 13.2 Å². The molecule has 0 unspecified atom stereocenters. The van der Waals surface area contributed by atoms with E-state index in [1.165, 1.54) is 7.11 Å². The Morgan fingerprint density at radius 2 is 1.89 bits per heavy atom. The number of sulfonamides is 1. The molecule has 1 aromatic carbocycles. The van der Waals surface area contributed by atoms with Crippen molar-refractivity contribution in [3.05, 3.63) is 24.3 Å². The molecular formula is C11H15NO5S. The van der Waals surface area contributed by atoms with Crippen LogP contribution in [0.3, 0.4) is 0 Å². The molecule has 1 aromatic rings. The van der Waals surface area contributed by atoms with Crippen LogP contribution in [0, 0.1) is 0 Å². The van der Waals surface area contributed by atoms with Crippen LogP contribution >= 0.6 is 0 Å². The molecule has 0 heterocycles. The largest absolute Gasteiger partial charge is 0.482 e. The van der Waals surface area contributed by atoms with E-state index in [0.717, 1.165) is 0 Å². The van der Waals surface area contributed by atoms with Crippen molar-refractivity contribution in [1.29, 1.82) is 0 Å². The summed E-state index contributed by atoms with van der Waals surface area (Å²) in [7, 11) is -2.01. The van der Waals surface area contributed by atoms with Crippen LogP contribution in [0.2, 0.25) is 0 Å². The highest BCUT2D eigenvalue weighted by molar-refractivity contribution is 7.92. The van der Waals surface area contributed by atoms with Gasteiger partial charge < -0.3 is 9.47 Å². The SMILES string of the molecule is CCS(=O)(=O)Nc1ccc(OCC(=O)OC)cc1. The van der Waals surface area contributed by atoms with Crippen LogP contribution in [-0.2, 0) is 19.6 Å². The number of anilines is 1. The number of carbonyl (C=O) groups is 1. The maximum atomic E-state index is 11.3. The highest BCUT2D eigenvalue weighted by atomic mass is 32.2. The third-order valence-corrected chi connectivity index (χ3v) is 3.40. The number of nitrogens with one attached hydrogen (secondary N) is 1. The van der Waals surface area contributed by atoms with Crippen molar-refractivity contribution < 1.29 is 22.7 Å². The lowest BCUT2D eigenvalue weighted by Gasteiger charge is -2.08. The Balaban J connectivity index is 2.60. The molecule has 1 rings (SSSR count). The molecule has 7 heteroatoms. The lowest BCUT2D eigenvalue weighted by molar-refractivity contribution is -0.142. The zero-order chi connectivity index (χ0) is 13.6. The van der Waals surface area contributed by atoms with Gasteiger partial charge in [0.15, 0.2) is 6.61 Å². The minimum absolute atomic E-state index is 0.00753. The zero-order valence-electron chi connectivity index (χ0n) is 10.2. The van der Waals surface area contributed by atoms with Gasteiger partial charge in [0.2, 0.25) is 10.0 Å². The summed E-state index contributed by atoms with van der Waals surface area (Å²) in [6.45, 7) is 1.37. The van der Waals surface area contributed by atoms with E-state index in [1.807, 2.05) is 0 Å². The predicted molar refractivity (Wildman–Crippen MR) is 67.0 cm³/mol. The molecule has 6 nitrogen and oxygen atoms in total. The topological polar surface area (TPSA) is 81.7 Å². The van der Waals surface area contributed by atoms with Crippen molar-refractivity contribution >= 4 is 21.7 Å². The smallest absolute Gasteiger partial charge is 0.343 e. The molecule has 0 aliphatic heterocycles. The monoisotopic (exact) mass is 273 g/mol. The minimum Gasteiger partial charge on any atom is -0.482 e. The van der Waals surface area contributed by atoms with Gasteiger partial charge >= 0.3 is 5.97 Å². The third-order valence-electron chi connectivity index (χ3n) is 2.09. The first kappa shape index (κ1) is 14.3. The van der Waals surface area contributed by atoms with Crippen molar-refractivity contribution in [2.45, 2.75) is 6.92 Å². The Labute approximate surface area is 106 Å². The average molecular weight is 273 g/mol. The fraction of sp³-hybridized carbons (Fsp3) is 0.364. The van der Waals surface area contributed by atoms with E-state index in [0.29, 0.717) is 11.4 Å². The highest BCUT2D eigenvalue weighted by Gasteiger charge is 2.07. The number of benzene rings is 1. The fourth-order valence-corrected chi connectivity index (χ4v) is 1.71. The molecular weight excluding hydrogens is 258 g/mol. The molecule has 0 aliphatic rings. The Hall–Kier alpha value is -1.76. The summed E-state index contributed by atoms with van der Waals surface area (Å²) >= 11 is 0. The predicted octanol–water partition coefficient (Wildman–Crippen LogP) is 1.00. The maximum Gasteiger partial charge on any atom is 0.343 e. The van der Waals surface area contributed by atoms with Gasteiger partial charge in [-0.1, -0.05) is 0 Å². The summed E-state index contributed by atoms with van der Waals surface area (Å²) in [4.78, 5) is 10.8. The Kier molecular flexibility index (Phi) is 4.96. The van der Waals surface area contributed by atoms with Crippen molar-refractivity contribution in [2.75, 3.05) is 24.2 Å². The molecule has 0 aliphatic carbocycles. The molecule has 0 aromatic heterocycles. The second-order valence-electron chi connectivity index (χ2n) is 3.39.